The molecule has 2 heterocycles. The van der Waals surface area contributed by atoms with E-state index in [1.165, 1.54) is 5.57 Å². The van der Waals surface area contributed by atoms with Gasteiger partial charge in [-0.2, -0.15) is 0 Å². The molecule has 0 atom stereocenters. The average molecular weight is 195 g/mol. The fraction of sp³-hybridized carbons (Fsp3) is 0.700. The Balaban J connectivity index is 1.75. The molecule has 14 heavy (non-hydrogen) atoms. The van der Waals surface area contributed by atoms with Gasteiger partial charge in [-0.25, -0.2) is 0 Å². The van der Waals surface area contributed by atoms with Crippen molar-refractivity contribution in [3.8, 4) is 0 Å². The molecule has 0 aliphatic carbocycles. The highest BCUT2D eigenvalue weighted by Crippen LogP contribution is 2.03. The second kappa shape index (κ2) is 5.00. The van der Waals surface area contributed by atoms with Crippen molar-refractivity contribution in [1.82, 2.24) is 10.6 Å². The molecule has 4 nitrogen and oxygen atoms in total. The lowest BCUT2D eigenvalue weighted by atomic mass is 10.2. The molecule has 0 aromatic rings. The first-order valence-electron chi connectivity index (χ1n) is 5.23. The van der Waals surface area contributed by atoms with Crippen LogP contribution in [-0.2, 0) is 4.74 Å². The van der Waals surface area contributed by atoms with Gasteiger partial charge < -0.3 is 15.4 Å². The maximum absolute atomic E-state index is 5.35. The predicted octanol–water partition coefficient (Wildman–Crippen LogP) is 0.272. The number of rotatable bonds is 2. The van der Waals surface area contributed by atoms with E-state index in [9.17, 15) is 0 Å². The quantitative estimate of drug-likeness (QED) is 0.622. The number of nitrogens with zero attached hydrogens (tertiary/aromatic N) is 1. The van der Waals surface area contributed by atoms with E-state index >= 15 is 0 Å². The number of aliphatic imine (C=N–C) groups is 1. The molecule has 0 aromatic carbocycles. The highest BCUT2D eigenvalue weighted by Gasteiger charge is 2.06. The highest BCUT2D eigenvalue weighted by atomic mass is 16.5. The molecule has 4 heteroatoms. The first kappa shape index (κ1) is 9.52. The predicted molar refractivity (Wildman–Crippen MR) is 56.4 cm³/mol. The van der Waals surface area contributed by atoms with Gasteiger partial charge in [0.2, 0.25) is 0 Å². The zero-order chi connectivity index (χ0) is 9.64. The molecular weight excluding hydrogens is 178 g/mol. The molecule has 78 valence electrons. The minimum atomic E-state index is 0.764. The Morgan fingerprint density at radius 3 is 3.29 bits per heavy atom. The molecule has 0 fully saturated rings. The van der Waals surface area contributed by atoms with Crippen molar-refractivity contribution in [3.05, 3.63) is 11.6 Å². The molecule has 0 spiro atoms. The fourth-order valence-electron chi connectivity index (χ4n) is 1.58. The van der Waals surface area contributed by atoms with E-state index < -0.39 is 0 Å². The van der Waals surface area contributed by atoms with Gasteiger partial charge in [0.25, 0.3) is 0 Å². The van der Waals surface area contributed by atoms with Gasteiger partial charge in [0.1, 0.15) is 0 Å². The van der Waals surface area contributed by atoms with E-state index in [-0.39, 0.29) is 0 Å². The fourth-order valence-corrected chi connectivity index (χ4v) is 1.58. The van der Waals surface area contributed by atoms with Crippen LogP contribution in [0.3, 0.4) is 0 Å². The van der Waals surface area contributed by atoms with Crippen molar-refractivity contribution in [2.45, 2.75) is 12.8 Å². The highest BCUT2D eigenvalue weighted by molar-refractivity contribution is 5.80. The monoisotopic (exact) mass is 195 g/mol. The molecule has 0 bridgehead atoms. The summed E-state index contributed by atoms with van der Waals surface area (Å²) in [5, 5.41) is 6.51. The van der Waals surface area contributed by atoms with E-state index in [0.29, 0.717) is 0 Å². The Labute approximate surface area is 84.4 Å². The van der Waals surface area contributed by atoms with Crippen molar-refractivity contribution >= 4 is 5.96 Å². The van der Waals surface area contributed by atoms with Crippen LogP contribution in [0.15, 0.2) is 16.6 Å². The van der Waals surface area contributed by atoms with Crippen molar-refractivity contribution in [2.24, 2.45) is 4.99 Å². The maximum Gasteiger partial charge on any atom is 0.191 e. The summed E-state index contributed by atoms with van der Waals surface area (Å²) in [5.41, 5.74) is 1.33. The van der Waals surface area contributed by atoms with Gasteiger partial charge >= 0.3 is 0 Å². The summed E-state index contributed by atoms with van der Waals surface area (Å²) in [7, 11) is 0. The van der Waals surface area contributed by atoms with Crippen molar-refractivity contribution in [2.75, 3.05) is 32.8 Å². The van der Waals surface area contributed by atoms with Crippen LogP contribution in [0.1, 0.15) is 12.8 Å². The first-order chi connectivity index (χ1) is 6.95. The summed E-state index contributed by atoms with van der Waals surface area (Å²) in [5.74, 6) is 0.933. The Morgan fingerprint density at radius 2 is 2.57 bits per heavy atom. The van der Waals surface area contributed by atoms with Crippen molar-refractivity contribution < 1.29 is 4.74 Å². The van der Waals surface area contributed by atoms with E-state index in [1.54, 1.807) is 0 Å². The molecule has 2 rings (SSSR count). The number of ether oxygens (including phenoxy) is 1. The number of hydrogen-bond donors (Lipinski definition) is 2. The second-order valence-electron chi connectivity index (χ2n) is 3.57. The summed E-state index contributed by atoms with van der Waals surface area (Å²) in [6.07, 6.45) is 4.42. The van der Waals surface area contributed by atoms with Gasteiger partial charge in [0, 0.05) is 19.6 Å². The van der Waals surface area contributed by atoms with E-state index in [4.69, 9.17) is 4.74 Å². The summed E-state index contributed by atoms with van der Waals surface area (Å²) in [4.78, 5) is 4.34. The summed E-state index contributed by atoms with van der Waals surface area (Å²) in [6.45, 7) is 4.45. The smallest absolute Gasteiger partial charge is 0.191 e. The van der Waals surface area contributed by atoms with Gasteiger partial charge in [-0.3, -0.25) is 4.99 Å². The van der Waals surface area contributed by atoms with E-state index in [2.05, 4.69) is 21.7 Å². The summed E-state index contributed by atoms with van der Waals surface area (Å²) < 4.78 is 5.35. The van der Waals surface area contributed by atoms with Crippen molar-refractivity contribution in [3.63, 3.8) is 0 Å². The minimum Gasteiger partial charge on any atom is -0.377 e. The van der Waals surface area contributed by atoms with Crippen LogP contribution < -0.4 is 10.6 Å². The van der Waals surface area contributed by atoms with E-state index in [0.717, 1.165) is 51.6 Å². The Hall–Kier alpha value is -1.03. The van der Waals surface area contributed by atoms with E-state index in [1.807, 2.05) is 0 Å². The number of guanidine groups is 1. The van der Waals surface area contributed by atoms with Gasteiger partial charge in [-0.05, 0) is 18.4 Å². The van der Waals surface area contributed by atoms with Gasteiger partial charge in [-0.15, -0.1) is 0 Å². The third-order valence-electron chi connectivity index (χ3n) is 2.36. The molecule has 2 aliphatic heterocycles. The lowest BCUT2D eigenvalue weighted by molar-refractivity contribution is 0.149. The van der Waals surface area contributed by atoms with Crippen LogP contribution >= 0.6 is 0 Å². The summed E-state index contributed by atoms with van der Waals surface area (Å²) in [6, 6.07) is 0. The topological polar surface area (TPSA) is 45.7 Å². The van der Waals surface area contributed by atoms with Crippen LogP contribution in [0.5, 0.6) is 0 Å². The average Bonchev–Trinajstić information content (AvgIpc) is 2.29. The third kappa shape index (κ3) is 2.73. The summed E-state index contributed by atoms with van der Waals surface area (Å²) >= 11 is 0. The Bertz CT molecular complexity index is 222. The van der Waals surface area contributed by atoms with Gasteiger partial charge in [-0.1, -0.05) is 6.08 Å². The first-order valence-corrected chi connectivity index (χ1v) is 5.23. The van der Waals surface area contributed by atoms with Crippen LogP contribution in [0.4, 0.5) is 0 Å². The Morgan fingerprint density at radius 1 is 1.57 bits per heavy atom. The van der Waals surface area contributed by atoms with Crippen LogP contribution in [0.2, 0.25) is 0 Å². The largest absolute Gasteiger partial charge is 0.377 e. The Kier molecular flexibility index (Phi) is 3.40. The molecule has 0 saturated carbocycles. The molecule has 0 aromatic heterocycles. The third-order valence-corrected chi connectivity index (χ3v) is 2.36. The molecule has 0 radical (unpaired) electrons. The van der Waals surface area contributed by atoms with Crippen molar-refractivity contribution in [1.29, 1.82) is 0 Å². The molecule has 0 amide bonds. The molecule has 0 unspecified atom stereocenters. The standard InChI is InChI=1S/C10H17N3O/c1-3-9(8-14-6-1)7-13-10-11-4-2-5-12-10/h3H,1-2,4-8H2,(H2,11,12,13). The van der Waals surface area contributed by atoms with Crippen LogP contribution in [0, 0.1) is 0 Å². The van der Waals surface area contributed by atoms with Crippen LogP contribution in [-0.4, -0.2) is 38.8 Å². The molecule has 2 aliphatic rings. The van der Waals surface area contributed by atoms with Gasteiger partial charge in [0.15, 0.2) is 5.96 Å². The lowest BCUT2D eigenvalue weighted by Gasteiger charge is -2.18. The second-order valence-corrected chi connectivity index (χ2v) is 3.57. The zero-order valence-electron chi connectivity index (χ0n) is 8.38. The number of hydrogen-bond acceptors (Lipinski definition) is 4. The zero-order valence-corrected chi connectivity index (χ0v) is 8.38. The molecular formula is C10H17N3O. The SMILES string of the molecule is C1=C(CNC2=NCCCN2)COCC1. The van der Waals surface area contributed by atoms with Gasteiger partial charge in [0.05, 0.1) is 13.2 Å². The molecule has 2 N–H and O–H groups in total. The molecule has 0 saturated heterocycles. The normalized spacial score (nSPS) is 22.0. The maximum atomic E-state index is 5.35. The lowest BCUT2D eigenvalue weighted by Crippen LogP contribution is -2.41. The number of nitrogens with one attached hydrogen (secondary N) is 2. The van der Waals surface area contributed by atoms with Crippen LogP contribution in [0.25, 0.3) is 0 Å². The minimum absolute atomic E-state index is 0.764.